The van der Waals surface area contributed by atoms with Crippen LogP contribution in [0.3, 0.4) is 0 Å². The highest BCUT2D eigenvalue weighted by molar-refractivity contribution is 7.89. The van der Waals surface area contributed by atoms with Crippen LogP contribution < -0.4 is 0 Å². The monoisotopic (exact) mass is 372 g/mol. The molecule has 2 aromatic carbocycles. The lowest BCUT2D eigenvalue weighted by molar-refractivity contribution is 0.0785. The van der Waals surface area contributed by atoms with Crippen molar-refractivity contribution in [2.24, 2.45) is 0 Å². The van der Waals surface area contributed by atoms with Gasteiger partial charge < -0.3 is 4.90 Å². The molecule has 0 aromatic heterocycles. The summed E-state index contributed by atoms with van der Waals surface area (Å²) in [7, 11) is -1.82. The maximum Gasteiger partial charge on any atom is 0.253 e. The van der Waals surface area contributed by atoms with E-state index in [0.29, 0.717) is 30.8 Å². The first-order chi connectivity index (χ1) is 12.4. The van der Waals surface area contributed by atoms with Gasteiger partial charge in [0.15, 0.2) is 0 Å². The van der Waals surface area contributed by atoms with E-state index in [1.807, 2.05) is 30.3 Å². The predicted molar refractivity (Wildman–Crippen MR) is 101 cm³/mol. The highest BCUT2D eigenvalue weighted by atomic mass is 32.2. The average Bonchev–Trinajstić information content (AvgIpc) is 3.18. The Morgan fingerprint density at radius 3 is 2.38 bits per heavy atom. The fourth-order valence-electron chi connectivity index (χ4n) is 3.23. The zero-order chi connectivity index (χ0) is 18.7. The van der Waals surface area contributed by atoms with Gasteiger partial charge >= 0.3 is 0 Å². The average molecular weight is 372 g/mol. The highest BCUT2D eigenvalue weighted by Crippen LogP contribution is 2.25. The number of amides is 1. The molecular weight excluding hydrogens is 348 g/mol. The van der Waals surface area contributed by atoms with Crippen LogP contribution >= 0.6 is 0 Å². The van der Waals surface area contributed by atoms with E-state index < -0.39 is 10.0 Å². The molecule has 138 valence electrons. The summed E-state index contributed by atoms with van der Waals surface area (Å²) < 4.78 is 27.3. The summed E-state index contributed by atoms with van der Waals surface area (Å²) in [5.41, 5.74) is 2.09. The summed E-state index contributed by atoms with van der Waals surface area (Å²) in [6.07, 6.45) is 1.77. The number of aryl methyl sites for hydroxylation is 1. The topological polar surface area (TPSA) is 57.7 Å². The van der Waals surface area contributed by atoms with Crippen LogP contribution in [0.4, 0.5) is 0 Å². The second kappa shape index (κ2) is 7.60. The Bertz CT molecular complexity index is 889. The Hall–Kier alpha value is -2.18. The molecule has 3 rings (SSSR count). The van der Waals surface area contributed by atoms with Crippen LogP contribution in [-0.4, -0.2) is 43.7 Å². The van der Waals surface area contributed by atoms with Crippen molar-refractivity contribution in [3.8, 4) is 0 Å². The van der Waals surface area contributed by atoms with Gasteiger partial charge in [-0.05, 0) is 43.0 Å². The van der Waals surface area contributed by atoms with Crippen LogP contribution in [0, 0.1) is 6.92 Å². The molecule has 1 saturated heterocycles. The van der Waals surface area contributed by atoms with Gasteiger partial charge in [0.25, 0.3) is 5.91 Å². The van der Waals surface area contributed by atoms with E-state index in [0.717, 1.165) is 18.4 Å². The van der Waals surface area contributed by atoms with Crippen LogP contribution in [0.15, 0.2) is 53.4 Å². The molecule has 1 aliphatic heterocycles. The van der Waals surface area contributed by atoms with E-state index in [1.165, 1.54) is 10.4 Å². The molecule has 0 N–H and O–H groups in total. The van der Waals surface area contributed by atoms with Crippen LogP contribution in [0.25, 0.3) is 0 Å². The number of hydrogen-bond acceptors (Lipinski definition) is 3. The summed E-state index contributed by atoms with van der Waals surface area (Å²) in [5, 5.41) is 0. The SMILES string of the molecule is Cc1ccc(C(=O)N(C)Cc2ccccc2)cc1S(=O)(=O)N1CCCC1. The minimum atomic E-state index is -3.55. The summed E-state index contributed by atoms with van der Waals surface area (Å²) in [6, 6.07) is 14.6. The largest absolute Gasteiger partial charge is 0.337 e. The summed E-state index contributed by atoms with van der Waals surface area (Å²) in [6.45, 7) is 3.34. The molecule has 5 nitrogen and oxygen atoms in total. The lowest BCUT2D eigenvalue weighted by Crippen LogP contribution is -2.29. The van der Waals surface area contributed by atoms with Crippen molar-refractivity contribution in [1.82, 2.24) is 9.21 Å². The quantitative estimate of drug-likeness (QED) is 0.811. The molecule has 2 aromatic rings. The Morgan fingerprint density at radius 1 is 1.08 bits per heavy atom. The van der Waals surface area contributed by atoms with E-state index in [9.17, 15) is 13.2 Å². The van der Waals surface area contributed by atoms with Gasteiger partial charge in [-0.25, -0.2) is 8.42 Å². The van der Waals surface area contributed by atoms with Gasteiger partial charge in [-0.15, -0.1) is 0 Å². The standard InChI is InChI=1S/C20H24N2O3S/c1-16-10-11-18(14-19(16)26(24,25)22-12-6-7-13-22)20(23)21(2)15-17-8-4-3-5-9-17/h3-5,8-11,14H,6-7,12-13,15H2,1-2H3. The molecular formula is C20H24N2O3S. The minimum Gasteiger partial charge on any atom is -0.337 e. The van der Waals surface area contributed by atoms with Crippen LogP contribution in [0.5, 0.6) is 0 Å². The van der Waals surface area contributed by atoms with Gasteiger partial charge in [0.05, 0.1) is 4.90 Å². The van der Waals surface area contributed by atoms with Crippen molar-refractivity contribution in [3.63, 3.8) is 0 Å². The van der Waals surface area contributed by atoms with Crippen molar-refractivity contribution < 1.29 is 13.2 Å². The summed E-state index contributed by atoms with van der Waals surface area (Å²) in [5.74, 6) is -0.188. The molecule has 1 fully saturated rings. The Morgan fingerprint density at radius 2 is 1.73 bits per heavy atom. The fourth-order valence-corrected chi connectivity index (χ4v) is 5.00. The second-order valence-electron chi connectivity index (χ2n) is 6.74. The maximum atomic E-state index is 12.9. The molecule has 0 unspecified atom stereocenters. The van der Waals surface area contributed by atoms with Gasteiger partial charge in [-0.3, -0.25) is 4.79 Å². The first-order valence-corrected chi connectivity index (χ1v) is 10.2. The van der Waals surface area contributed by atoms with Crippen molar-refractivity contribution in [2.75, 3.05) is 20.1 Å². The number of carbonyl (C=O) groups is 1. The Balaban J connectivity index is 1.85. The minimum absolute atomic E-state index is 0.188. The molecule has 1 amide bonds. The molecule has 0 spiro atoms. The molecule has 0 radical (unpaired) electrons. The smallest absolute Gasteiger partial charge is 0.253 e. The van der Waals surface area contributed by atoms with Crippen LogP contribution in [-0.2, 0) is 16.6 Å². The van der Waals surface area contributed by atoms with Gasteiger partial charge in [0.1, 0.15) is 0 Å². The molecule has 26 heavy (non-hydrogen) atoms. The van der Waals surface area contributed by atoms with Crippen LogP contribution in [0.2, 0.25) is 0 Å². The molecule has 1 heterocycles. The second-order valence-corrected chi connectivity index (χ2v) is 8.64. The van der Waals surface area contributed by atoms with E-state index in [-0.39, 0.29) is 10.8 Å². The van der Waals surface area contributed by atoms with Gasteiger partial charge in [0.2, 0.25) is 10.0 Å². The van der Waals surface area contributed by atoms with Crippen molar-refractivity contribution in [1.29, 1.82) is 0 Å². The Kier molecular flexibility index (Phi) is 5.44. The molecule has 0 aliphatic carbocycles. The number of rotatable bonds is 5. The van der Waals surface area contributed by atoms with E-state index in [1.54, 1.807) is 31.0 Å². The highest BCUT2D eigenvalue weighted by Gasteiger charge is 2.29. The molecule has 0 saturated carbocycles. The van der Waals surface area contributed by atoms with E-state index in [4.69, 9.17) is 0 Å². The third-order valence-electron chi connectivity index (χ3n) is 4.73. The Labute approximate surface area is 155 Å². The lowest BCUT2D eigenvalue weighted by Gasteiger charge is -2.20. The summed E-state index contributed by atoms with van der Waals surface area (Å²) >= 11 is 0. The molecule has 6 heteroatoms. The third kappa shape index (κ3) is 3.81. The number of carbonyl (C=O) groups excluding carboxylic acids is 1. The van der Waals surface area contributed by atoms with Gasteiger partial charge in [-0.2, -0.15) is 4.31 Å². The van der Waals surface area contributed by atoms with E-state index in [2.05, 4.69) is 0 Å². The van der Waals surface area contributed by atoms with Crippen molar-refractivity contribution >= 4 is 15.9 Å². The molecule has 1 aliphatic rings. The predicted octanol–water partition coefficient (Wildman–Crippen LogP) is 3.05. The van der Waals surface area contributed by atoms with Crippen molar-refractivity contribution in [3.05, 3.63) is 65.2 Å². The number of hydrogen-bond donors (Lipinski definition) is 0. The fraction of sp³-hybridized carbons (Fsp3) is 0.350. The van der Waals surface area contributed by atoms with Crippen molar-refractivity contribution in [2.45, 2.75) is 31.2 Å². The van der Waals surface area contributed by atoms with E-state index >= 15 is 0 Å². The number of benzene rings is 2. The number of nitrogens with zero attached hydrogens (tertiary/aromatic N) is 2. The zero-order valence-electron chi connectivity index (χ0n) is 15.2. The molecule has 0 atom stereocenters. The zero-order valence-corrected chi connectivity index (χ0v) is 16.0. The first-order valence-electron chi connectivity index (χ1n) is 8.80. The maximum absolute atomic E-state index is 12.9. The third-order valence-corrected chi connectivity index (χ3v) is 6.77. The normalized spacial score (nSPS) is 15.2. The van der Waals surface area contributed by atoms with Gasteiger partial charge in [0, 0.05) is 32.2 Å². The summed E-state index contributed by atoms with van der Waals surface area (Å²) in [4.78, 5) is 14.6. The van der Waals surface area contributed by atoms with Gasteiger partial charge in [-0.1, -0.05) is 36.4 Å². The number of sulfonamides is 1. The van der Waals surface area contributed by atoms with Crippen LogP contribution in [0.1, 0.15) is 34.3 Å². The lowest BCUT2D eigenvalue weighted by atomic mass is 10.1. The first kappa shape index (κ1) is 18.6. The molecule has 0 bridgehead atoms.